The minimum atomic E-state index is 0.499. The molecular formula is C13H13ClN2O. The monoisotopic (exact) mass is 248 g/mol. The van der Waals surface area contributed by atoms with Crippen molar-refractivity contribution in [1.29, 1.82) is 0 Å². The van der Waals surface area contributed by atoms with Crippen LogP contribution < -0.4 is 5.48 Å². The molecule has 0 radical (unpaired) electrons. The van der Waals surface area contributed by atoms with Crippen LogP contribution in [-0.4, -0.2) is 4.98 Å². The van der Waals surface area contributed by atoms with Crippen LogP contribution in [0.1, 0.15) is 11.1 Å². The van der Waals surface area contributed by atoms with E-state index in [1.165, 1.54) is 0 Å². The van der Waals surface area contributed by atoms with Gasteiger partial charge in [0.2, 0.25) is 0 Å². The van der Waals surface area contributed by atoms with Crippen molar-refractivity contribution in [3.8, 4) is 0 Å². The lowest BCUT2D eigenvalue weighted by Crippen LogP contribution is -2.13. The fourth-order valence-electron chi connectivity index (χ4n) is 1.35. The number of halogens is 1. The largest absolute Gasteiger partial charge is 0.297 e. The van der Waals surface area contributed by atoms with Crippen molar-refractivity contribution in [1.82, 2.24) is 10.5 Å². The zero-order chi connectivity index (χ0) is 11.9. The first kappa shape index (κ1) is 12.0. The number of nitrogens with one attached hydrogen (secondary N) is 1. The van der Waals surface area contributed by atoms with E-state index in [4.69, 9.17) is 16.4 Å². The van der Waals surface area contributed by atoms with E-state index in [1.807, 2.05) is 36.4 Å². The Kier molecular flexibility index (Phi) is 4.50. The van der Waals surface area contributed by atoms with Crippen LogP contribution >= 0.6 is 11.6 Å². The molecule has 2 rings (SSSR count). The van der Waals surface area contributed by atoms with Gasteiger partial charge in [0.25, 0.3) is 0 Å². The molecule has 88 valence electrons. The van der Waals surface area contributed by atoms with E-state index in [0.29, 0.717) is 18.3 Å². The Hall–Kier alpha value is -1.42. The summed E-state index contributed by atoms with van der Waals surface area (Å²) in [5.74, 6) is 0. The summed E-state index contributed by atoms with van der Waals surface area (Å²) in [5.41, 5.74) is 5.05. The summed E-state index contributed by atoms with van der Waals surface area (Å²) < 4.78 is 0. The molecule has 0 bridgehead atoms. The van der Waals surface area contributed by atoms with Crippen LogP contribution in [0.2, 0.25) is 5.15 Å². The smallest absolute Gasteiger partial charge is 0.129 e. The molecule has 0 aliphatic rings. The van der Waals surface area contributed by atoms with Crippen molar-refractivity contribution in [3.63, 3.8) is 0 Å². The standard InChI is InChI=1S/C13H13ClN2O/c14-13-7-6-12(8-15-13)9-16-17-10-11-4-2-1-3-5-11/h1-8,16H,9-10H2. The molecule has 1 N–H and O–H groups in total. The average Bonchev–Trinajstić information content (AvgIpc) is 2.38. The van der Waals surface area contributed by atoms with E-state index in [9.17, 15) is 0 Å². The molecule has 0 saturated carbocycles. The van der Waals surface area contributed by atoms with Gasteiger partial charge < -0.3 is 0 Å². The zero-order valence-corrected chi connectivity index (χ0v) is 10.0. The summed E-state index contributed by atoms with van der Waals surface area (Å²) in [5, 5.41) is 0.499. The second kappa shape index (κ2) is 6.35. The van der Waals surface area contributed by atoms with Crippen molar-refractivity contribution in [3.05, 3.63) is 64.9 Å². The maximum absolute atomic E-state index is 5.69. The fourth-order valence-corrected chi connectivity index (χ4v) is 1.47. The lowest BCUT2D eigenvalue weighted by molar-refractivity contribution is 0.0234. The highest BCUT2D eigenvalue weighted by Gasteiger charge is 1.95. The summed E-state index contributed by atoms with van der Waals surface area (Å²) in [6.07, 6.45) is 1.72. The molecule has 4 heteroatoms. The predicted octanol–water partition coefficient (Wildman–Crippen LogP) is 2.96. The zero-order valence-electron chi connectivity index (χ0n) is 9.27. The minimum absolute atomic E-state index is 0.499. The Bertz CT molecular complexity index is 445. The first-order valence-electron chi connectivity index (χ1n) is 5.33. The fraction of sp³-hybridized carbons (Fsp3) is 0.154. The SMILES string of the molecule is Clc1ccc(CNOCc2ccccc2)cn1. The lowest BCUT2D eigenvalue weighted by Gasteiger charge is -2.05. The van der Waals surface area contributed by atoms with Gasteiger partial charge in [0, 0.05) is 12.7 Å². The van der Waals surface area contributed by atoms with Crippen LogP contribution in [0, 0.1) is 0 Å². The number of hydrogen-bond acceptors (Lipinski definition) is 3. The van der Waals surface area contributed by atoms with Gasteiger partial charge in [-0.15, -0.1) is 0 Å². The van der Waals surface area contributed by atoms with Gasteiger partial charge >= 0.3 is 0 Å². The van der Waals surface area contributed by atoms with Gasteiger partial charge in [-0.25, -0.2) is 4.98 Å². The Morgan fingerprint density at radius 2 is 1.88 bits per heavy atom. The van der Waals surface area contributed by atoms with Crippen LogP contribution in [0.15, 0.2) is 48.7 Å². The van der Waals surface area contributed by atoms with Gasteiger partial charge in [0.15, 0.2) is 0 Å². The number of rotatable bonds is 5. The number of hydroxylamine groups is 1. The molecule has 0 spiro atoms. The Labute approximate surface area is 105 Å². The second-order valence-electron chi connectivity index (χ2n) is 3.58. The number of pyridine rings is 1. The van der Waals surface area contributed by atoms with E-state index >= 15 is 0 Å². The Balaban J connectivity index is 1.71. The summed E-state index contributed by atoms with van der Waals surface area (Å²) in [7, 11) is 0. The van der Waals surface area contributed by atoms with Crippen molar-refractivity contribution >= 4 is 11.6 Å². The van der Waals surface area contributed by atoms with E-state index in [-0.39, 0.29) is 0 Å². The molecule has 0 atom stereocenters. The van der Waals surface area contributed by atoms with Gasteiger partial charge in [-0.2, -0.15) is 5.48 Å². The molecule has 0 unspecified atom stereocenters. The lowest BCUT2D eigenvalue weighted by atomic mass is 10.2. The van der Waals surface area contributed by atoms with Gasteiger partial charge in [-0.3, -0.25) is 4.84 Å². The van der Waals surface area contributed by atoms with Gasteiger partial charge in [-0.05, 0) is 17.2 Å². The molecule has 0 aliphatic heterocycles. The molecule has 1 aromatic carbocycles. The molecule has 1 heterocycles. The van der Waals surface area contributed by atoms with Crippen molar-refractivity contribution in [2.24, 2.45) is 0 Å². The molecular weight excluding hydrogens is 236 g/mol. The first-order valence-corrected chi connectivity index (χ1v) is 5.71. The number of aromatic nitrogens is 1. The highest BCUT2D eigenvalue weighted by atomic mass is 35.5. The van der Waals surface area contributed by atoms with Crippen LogP contribution in [0.25, 0.3) is 0 Å². The van der Waals surface area contributed by atoms with Crippen LogP contribution in [0.5, 0.6) is 0 Å². The molecule has 0 fully saturated rings. The first-order chi connectivity index (χ1) is 8.34. The van der Waals surface area contributed by atoms with Crippen molar-refractivity contribution in [2.45, 2.75) is 13.2 Å². The molecule has 3 nitrogen and oxygen atoms in total. The van der Waals surface area contributed by atoms with E-state index < -0.39 is 0 Å². The Morgan fingerprint density at radius 1 is 1.06 bits per heavy atom. The van der Waals surface area contributed by atoms with Crippen LogP contribution in [-0.2, 0) is 18.0 Å². The molecule has 0 saturated heterocycles. The van der Waals surface area contributed by atoms with Gasteiger partial charge in [0.1, 0.15) is 5.15 Å². The summed E-state index contributed by atoms with van der Waals surface area (Å²) >= 11 is 5.69. The second-order valence-corrected chi connectivity index (χ2v) is 3.97. The highest BCUT2D eigenvalue weighted by molar-refractivity contribution is 6.29. The Morgan fingerprint density at radius 3 is 2.59 bits per heavy atom. The van der Waals surface area contributed by atoms with E-state index in [2.05, 4.69) is 10.5 Å². The normalized spacial score (nSPS) is 10.4. The van der Waals surface area contributed by atoms with E-state index in [1.54, 1.807) is 12.3 Å². The van der Waals surface area contributed by atoms with Crippen LogP contribution in [0.3, 0.4) is 0 Å². The maximum Gasteiger partial charge on any atom is 0.129 e. The summed E-state index contributed by atoms with van der Waals surface area (Å²) in [4.78, 5) is 9.33. The molecule has 0 amide bonds. The predicted molar refractivity (Wildman–Crippen MR) is 67.3 cm³/mol. The highest BCUT2D eigenvalue weighted by Crippen LogP contribution is 2.05. The third kappa shape index (κ3) is 4.15. The van der Waals surface area contributed by atoms with Crippen LogP contribution in [0.4, 0.5) is 0 Å². The maximum atomic E-state index is 5.69. The molecule has 17 heavy (non-hydrogen) atoms. The van der Waals surface area contributed by atoms with E-state index in [0.717, 1.165) is 11.1 Å². The molecule has 0 aliphatic carbocycles. The third-order valence-corrected chi connectivity index (χ3v) is 2.47. The molecule has 2 aromatic rings. The minimum Gasteiger partial charge on any atom is -0.297 e. The summed E-state index contributed by atoms with van der Waals surface area (Å²) in [6.45, 7) is 1.15. The molecule has 1 aromatic heterocycles. The quantitative estimate of drug-likeness (QED) is 0.502. The third-order valence-electron chi connectivity index (χ3n) is 2.25. The number of benzene rings is 1. The van der Waals surface area contributed by atoms with Crippen molar-refractivity contribution in [2.75, 3.05) is 0 Å². The van der Waals surface area contributed by atoms with Crippen molar-refractivity contribution < 1.29 is 4.84 Å². The van der Waals surface area contributed by atoms with Gasteiger partial charge in [-0.1, -0.05) is 48.0 Å². The van der Waals surface area contributed by atoms with Gasteiger partial charge in [0.05, 0.1) is 6.61 Å². The summed E-state index contributed by atoms with van der Waals surface area (Å²) in [6, 6.07) is 13.7. The number of hydrogen-bond donors (Lipinski definition) is 1. The number of nitrogens with zero attached hydrogens (tertiary/aromatic N) is 1. The average molecular weight is 249 g/mol. The topological polar surface area (TPSA) is 34.1 Å².